The monoisotopic (exact) mass is 216 g/mol. The second-order valence-electron chi connectivity index (χ2n) is 1.91. The highest BCUT2D eigenvalue weighted by atomic mass is 79.9. The fraction of sp³-hybridized carbons (Fsp3) is 0. The number of hydrogen-bond acceptors (Lipinski definition) is 3. The molecule has 0 saturated carbocycles. The van der Waals surface area contributed by atoms with E-state index in [9.17, 15) is 0 Å². The molecule has 0 amide bonds. The number of rotatable bonds is 2. The Balaban J connectivity index is 2.71. The Kier molecular flexibility index (Phi) is 2.93. The summed E-state index contributed by atoms with van der Waals surface area (Å²) in [5.74, 6) is 1.78. The summed E-state index contributed by atoms with van der Waals surface area (Å²) < 4.78 is 5.75. The van der Waals surface area contributed by atoms with Gasteiger partial charge in [-0.05, 0) is 28.1 Å². The zero-order chi connectivity index (χ0) is 8.27. The second-order valence-corrected chi connectivity index (χ2v) is 2.76. The van der Waals surface area contributed by atoms with E-state index in [0.29, 0.717) is 5.76 Å². The Morgan fingerprint density at radius 3 is 2.73 bits per heavy atom. The molecule has 0 fully saturated rings. The van der Waals surface area contributed by atoms with Crippen LogP contribution in [0.1, 0.15) is 5.76 Å². The normalized spacial score (nSPS) is 10.8. The molecule has 0 aliphatic rings. The van der Waals surface area contributed by atoms with Crippen LogP contribution in [0.4, 0.5) is 0 Å². The first-order valence-corrected chi connectivity index (χ1v) is 3.77. The van der Waals surface area contributed by atoms with Crippen molar-refractivity contribution in [2.75, 3.05) is 0 Å². The standard InChI is InChI=1S/C6H6BBrO3/c8-5-2-4-11-6(5)1-3-7(9)10/h1-4,9-10H/b3-1+. The Morgan fingerprint density at radius 2 is 2.27 bits per heavy atom. The molecule has 58 valence electrons. The lowest BCUT2D eigenvalue weighted by atomic mass is 9.91. The molecule has 1 aromatic heterocycles. The number of hydrogen-bond donors (Lipinski definition) is 2. The summed E-state index contributed by atoms with van der Waals surface area (Å²) in [6.07, 6.45) is 2.99. The van der Waals surface area contributed by atoms with Crippen LogP contribution in [0, 0.1) is 0 Å². The summed E-state index contributed by atoms with van der Waals surface area (Å²) in [6, 6.07) is 1.73. The Hall–Kier alpha value is -0.515. The molecule has 11 heavy (non-hydrogen) atoms. The smallest absolute Gasteiger partial charge is 0.464 e. The molecule has 0 aliphatic heterocycles. The lowest BCUT2D eigenvalue weighted by Crippen LogP contribution is -2.05. The number of halogens is 1. The molecule has 0 unspecified atom stereocenters. The molecular weight excluding hydrogens is 211 g/mol. The van der Waals surface area contributed by atoms with Crippen LogP contribution >= 0.6 is 15.9 Å². The molecule has 1 heterocycles. The van der Waals surface area contributed by atoms with Crippen molar-refractivity contribution in [2.24, 2.45) is 0 Å². The molecule has 2 N–H and O–H groups in total. The average Bonchev–Trinajstić information content (AvgIpc) is 2.31. The first-order chi connectivity index (χ1) is 5.20. The third-order valence-corrected chi connectivity index (χ3v) is 1.72. The van der Waals surface area contributed by atoms with E-state index < -0.39 is 7.12 Å². The predicted molar refractivity (Wildman–Crippen MR) is 45.6 cm³/mol. The van der Waals surface area contributed by atoms with Gasteiger partial charge in [0.15, 0.2) is 0 Å². The van der Waals surface area contributed by atoms with Crippen LogP contribution in [0.25, 0.3) is 6.08 Å². The van der Waals surface area contributed by atoms with Gasteiger partial charge in [-0.1, -0.05) is 5.98 Å². The van der Waals surface area contributed by atoms with E-state index >= 15 is 0 Å². The molecule has 0 aromatic carbocycles. The van der Waals surface area contributed by atoms with Crippen molar-refractivity contribution in [1.82, 2.24) is 0 Å². The molecule has 0 radical (unpaired) electrons. The zero-order valence-corrected chi connectivity index (χ0v) is 7.15. The van der Waals surface area contributed by atoms with E-state index in [-0.39, 0.29) is 0 Å². The van der Waals surface area contributed by atoms with Crippen molar-refractivity contribution in [3.63, 3.8) is 0 Å². The van der Waals surface area contributed by atoms with Crippen LogP contribution in [-0.4, -0.2) is 17.2 Å². The first kappa shape index (κ1) is 8.58. The van der Waals surface area contributed by atoms with Gasteiger partial charge in [-0.3, -0.25) is 0 Å². The molecule has 0 atom stereocenters. The van der Waals surface area contributed by atoms with Gasteiger partial charge in [-0.2, -0.15) is 0 Å². The summed E-state index contributed by atoms with van der Waals surface area (Å²) in [4.78, 5) is 0. The van der Waals surface area contributed by atoms with Gasteiger partial charge in [-0.25, -0.2) is 0 Å². The molecule has 1 aromatic rings. The minimum atomic E-state index is -1.44. The summed E-state index contributed by atoms with van der Waals surface area (Å²) in [6.45, 7) is 0. The SMILES string of the molecule is OB(O)/C=C/c1occc1Br. The highest BCUT2D eigenvalue weighted by Gasteiger charge is 2.01. The van der Waals surface area contributed by atoms with E-state index in [2.05, 4.69) is 15.9 Å². The first-order valence-electron chi connectivity index (χ1n) is 2.97. The van der Waals surface area contributed by atoms with Crippen molar-refractivity contribution >= 4 is 29.1 Å². The van der Waals surface area contributed by atoms with Crippen molar-refractivity contribution in [1.29, 1.82) is 0 Å². The fourth-order valence-corrected chi connectivity index (χ4v) is 0.931. The van der Waals surface area contributed by atoms with E-state index in [1.165, 1.54) is 18.3 Å². The van der Waals surface area contributed by atoms with Crippen molar-refractivity contribution < 1.29 is 14.5 Å². The Morgan fingerprint density at radius 1 is 1.55 bits per heavy atom. The summed E-state index contributed by atoms with van der Waals surface area (Å²) in [7, 11) is -1.44. The largest absolute Gasteiger partial charge is 0.480 e. The Bertz CT molecular complexity index is 256. The molecule has 0 saturated heterocycles. The maximum absolute atomic E-state index is 8.45. The topological polar surface area (TPSA) is 53.6 Å². The number of furan rings is 1. The highest BCUT2D eigenvalue weighted by molar-refractivity contribution is 9.10. The summed E-state index contributed by atoms with van der Waals surface area (Å²) in [5, 5.41) is 16.9. The van der Waals surface area contributed by atoms with Crippen molar-refractivity contribution in [3.05, 3.63) is 28.5 Å². The molecule has 3 nitrogen and oxygen atoms in total. The predicted octanol–water partition coefficient (Wildman–Crippen LogP) is 1.07. The minimum absolute atomic E-state index is 0.568. The maximum Gasteiger partial charge on any atom is 0.480 e. The zero-order valence-electron chi connectivity index (χ0n) is 5.57. The molecule has 1 rings (SSSR count). The molecule has 0 aliphatic carbocycles. The van der Waals surface area contributed by atoms with E-state index in [1.807, 2.05) is 0 Å². The summed E-state index contributed by atoms with van der Waals surface area (Å²) in [5.41, 5.74) is 0. The fourth-order valence-electron chi connectivity index (χ4n) is 0.598. The lowest BCUT2D eigenvalue weighted by molar-refractivity contribution is 0.424. The van der Waals surface area contributed by atoms with Crippen LogP contribution in [0.15, 0.2) is 27.2 Å². The van der Waals surface area contributed by atoms with E-state index in [1.54, 1.807) is 6.07 Å². The third kappa shape index (κ3) is 2.53. The van der Waals surface area contributed by atoms with E-state index in [0.717, 1.165) is 4.47 Å². The van der Waals surface area contributed by atoms with Crippen molar-refractivity contribution in [3.8, 4) is 0 Å². The van der Waals surface area contributed by atoms with Gasteiger partial charge in [0.2, 0.25) is 0 Å². The van der Waals surface area contributed by atoms with Crippen LogP contribution in [0.2, 0.25) is 0 Å². The van der Waals surface area contributed by atoms with Crippen LogP contribution in [0.5, 0.6) is 0 Å². The second kappa shape index (κ2) is 3.76. The van der Waals surface area contributed by atoms with Gasteiger partial charge < -0.3 is 14.5 Å². The van der Waals surface area contributed by atoms with Crippen LogP contribution < -0.4 is 0 Å². The molecule has 0 spiro atoms. The van der Waals surface area contributed by atoms with Gasteiger partial charge in [0.1, 0.15) is 5.76 Å². The average molecular weight is 217 g/mol. The van der Waals surface area contributed by atoms with Gasteiger partial charge in [0.05, 0.1) is 10.7 Å². The van der Waals surface area contributed by atoms with Crippen molar-refractivity contribution in [2.45, 2.75) is 0 Å². The lowest BCUT2D eigenvalue weighted by Gasteiger charge is -1.86. The third-order valence-electron chi connectivity index (χ3n) is 1.06. The molecule has 0 bridgehead atoms. The minimum Gasteiger partial charge on any atom is -0.464 e. The van der Waals surface area contributed by atoms with E-state index in [4.69, 9.17) is 14.5 Å². The molecular formula is C6H6BBrO3. The van der Waals surface area contributed by atoms with Gasteiger partial charge in [0, 0.05) is 0 Å². The van der Waals surface area contributed by atoms with Gasteiger partial charge in [-0.15, -0.1) is 0 Å². The van der Waals surface area contributed by atoms with Crippen LogP contribution in [0.3, 0.4) is 0 Å². The highest BCUT2D eigenvalue weighted by Crippen LogP contribution is 2.18. The summed E-state index contributed by atoms with van der Waals surface area (Å²) >= 11 is 3.21. The van der Waals surface area contributed by atoms with Gasteiger partial charge >= 0.3 is 7.12 Å². The van der Waals surface area contributed by atoms with Crippen LogP contribution in [-0.2, 0) is 0 Å². The Labute approximate surface area is 72.6 Å². The quantitative estimate of drug-likeness (QED) is 0.728. The maximum atomic E-state index is 8.45. The molecule has 5 heteroatoms. The van der Waals surface area contributed by atoms with Gasteiger partial charge in [0.25, 0.3) is 0 Å².